The van der Waals surface area contributed by atoms with Crippen molar-refractivity contribution in [2.24, 2.45) is 0 Å². The van der Waals surface area contributed by atoms with Crippen LogP contribution in [0.3, 0.4) is 0 Å². The van der Waals surface area contributed by atoms with E-state index in [2.05, 4.69) is 65.1 Å². The number of rotatable bonds is 8. The number of hydrogen-bond acceptors (Lipinski definition) is 4. The van der Waals surface area contributed by atoms with Crippen LogP contribution in [-0.4, -0.2) is 40.9 Å². The van der Waals surface area contributed by atoms with Gasteiger partial charge in [0, 0.05) is 38.1 Å². The quantitative estimate of drug-likeness (QED) is 0.318. The first-order chi connectivity index (χ1) is 16.6. The molecule has 0 atom stereocenters. The summed E-state index contributed by atoms with van der Waals surface area (Å²) in [7, 11) is 1.83. The molecule has 4 aromatic rings. The van der Waals surface area contributed by atoms with Crippen molar-refractivity contribution in [3.63, 3.8) is 0 Å². The molecule has 5 heteroatoms. The minimum Gasteiger partial charge on any atom is -0.357 e. The van der Waals surface area contributed by atoms with E-state index in [1.807, 2.05) is 49.5 Å². The van der Waals surface area contributed by atoms with E-state index in [0.29, 0.717) is 6.54 Å². The zero-order chi connectivity index (χ0) is 23.9. The molecular weight excluding hydrogens is 420 g/mol. The number of hydrogen-bond donors (Lipinski definition) is 0. The SMILES string of the molecule is CCN(CC)c1ncnc2ccc(-c3cccc(CN(C)C(=O)/C=C\c4ccccc4)c3)cc12. The number of amides is 1. The lowest BCUT2D eigenvalue weighted by atomic mass is 10.0. The molecular formula is C29H30N4O. The molecule has 0 fully saturated rings. The maximum atomic E-state index is 12.6. The summed E-state index contributed by atoms with van der Waals surface area (Å²) in [6.45, 7) is 6.59. The molecule has 0 saturated heterocycles. The van der Waals surface area contributed by atoms with Crippen LogP contribution in [0.4, 0.5) is 5.82 Å². The molecule has 4 rings (SSSR count). The van der Waals surface area contributed by atoms with Gasteiger partial charge >= 0.3 is 0 Å². The third-order valence-electron chi connectivity index (χ3n) is 5.95. The fourth-order valence-corrected chi connectivity index (χ4v) is 4.06. The third kappa shape index (κ3) is 5.31. The molecule has 172 valence electrons. The number of carbonyl (C=O) groups excluding carboxylic acids is 1. The standard InChI is InChI=1S/C29H30N4O/c1-4-33(5-2)29-26-19-25(15-16-27(26)30-21-31-29)24-13-9-12-23(18-24)20-32(3)28(34)17-14-22-10-7-6-8-11-22/h6-19,21H,4-5,20H2,1-3H3/b17-14-. The predicted octanol–water partition coefficient (Wildman–Crippen LogP) is 5.81. The highest BCUT2D eigenvalue weighted by Crippen LogP contribution is 2.29. The highest BCUT2D eigenvalue weighted by atomic mass is 16.2. The Bertz CT molecular complexity index is 1300. The average molecular weight is 451 g/mol. The normalized spacial score (nSPS) is 11.1. The summed E-state index contributed by atoms with van der Waals surface area (Å²) in [5.41, 5.74) is 5.24. The number of benzene rings is 3. The van der Waals surface area contributed by atoms with Crippen LogP contribution in [0.1, 0.15) is 25.0 Å². The summed E-state index contributed by atoms with van der Waals surface area (Å²) in [6, 6.07) is 24.5. The van der Waals surface area contributed by atoms with Gasteiger partial charge in [0.25, 0.3) is 0 Å². The van der Waals surface area contributed by atoms with Crippen molar-refractivity contribution in [1.29, 1.82) is 0 Å². The highest BCUT2D eigenvalue weighted by molar-refractivity contribution is 5.93. The Hall–Kier alpha value is -3.99. The summed E-state index contributed by atoms with van der Waals surface area (Å²) in [5.74, 6) is 0.935. The molecule has 3 aromatic carbocycles. The Balaban J connectivity index is 1.55. The Morgan fingerprint density at radius 2 is 1.65 bits per heavy atom. The van der Waals surface area contributed by atoms with Crippen LogP contribution in [0.15, 0.2) is 85.2 Å². The first-order valence-corrected chi connectivity index (χ1v) is 11.7. The topological polar surface area (TPSA) is 49.3 Å². The number of likely N-dealkylation sites (N-methyl/N-ethyl adjacent to an activating group) is 1. The summed E-state index contributed by atoms with van der Waals surface area (Å²) >= 11 is 0. The van der Waals surface area contributed by atoms with Crippen LogP contribution >= 0.6 is 0 Å². The summed E-state index contributed by atoms with van der Waals surface area (Å²) < 4.78 is 0. The van der Waals surface area contributed by atoms with E-state index in [1.165, 1.54) is 0 Å². The van der Waals surface area contributed by atoms with Crippen molar-refractivity contribution in [3.05, 3.63) is 96.3 Å². The second kappa shape index (κ2) is 10.8. The molecule has 0 aliphatic carbocycles. The van der Waals surface area contributed by atoms with Crippen molar-refractivity contribution in [2.45, 2.75) is 20.4 Å². The van der Waals surface area contributed by atoms with Gasteiger partial charge in [-0.1, -0.05) is 54.6 Å². The van der Waals surface area contributed by atoms with Crippen LogP contribution in [-0.2, 0) is 11.3 Å². The molecule has 0 aliphatic heterocycles. The van der Waals surface area contributed by atoms with Crippen LogP contribution in [0.25, 0.3) is 28.1 Å². The van der Waals surface area contributed by atoms with Crippen molar-refractivity contribution >= 4 is 28.7 Å². The van der Waals surface area contributed by atoms with E-state index < -0.39 is 0 Å². The summed E-state index contributed by atoms with van der Waals surface area (Å²) in [6.07, 6.45) is 5.10. The van der Waals surface area contributed by atoms with Gasteiger partial charge in [0.05, 0.1) is 5.52 Å². The van der Waals surface area contributed by atoms with Gasteiger partial charge in [-0.2, -0.15) is 0 Å². The maximum absolute atomic E-state index is 12.6. The second-order valence-corrected chi connectivity index (χ2v) is 8.24. The molecule has 5 nitrogen and oxygen atoms in total. The first kappa shape index (κ1) is 23.2. The molecule has 1 heterocycles. The minimum absolute atomic E-state index is 0.0269. The number of aromatic nitrogens is 2. The van der Waals surface area contributed by atoms with Crippen LogP contribution in [0, 0.1) is 0 Å². The van der Waals surface area contributed by atoms with Gasteiger partial charge in [0.1, 0.15) is 12.1 Å². The van der Waals surface area contributed by atoms with Crippen molar-refractivity contribution in [3.8, 4) is 11.1 Å². The number of anilines is 1. The lowest BCUT2D eigenvalue weighted by molar-refractivity contribution is -0.125. The molecule has 34 heavy (non-hydrogen) atoms. The molecule has 0 bridgehead atoms. The van der Waals surface area contributed by atoms with Gasteiger partial charge in [-0.15, -0.1) is 0 Å². The summed E-state index contributed by atoms with van der Waals surface area (Å²) in [4.78, 5) is 25.6. The minimum atomic E-state index is -0.0269. The lowest BCUT2D eigenvalue weighted by Gasteiger charge is -2.21. The van der Waals surface area contributed by atoms with E-state index in [9.17, 15) is 4.79 Å². The monoisotopic (exact) mass is 450 g/mol. The smallest absolute Gasteiger partial charge is 0.246 e. The van der Waals surface area contributed by atoms with E-state index in [0.717, 1.165) is 52.1 Å². The van der Waals surface area contributed by atoms with Crippen molar-refractivity contribution in [1.82, 2.24) is 14.9 Å². The average Bonchev–Trinajstić information content (AvgIpc) is 2.88. The van der Waals surface area contributed by atoms with Crippen LogP contribution in [0.5, 0.6) is 0 Å². The van der Waals surface area contributed by atoms with Crippen molar-refractivity contribution in [2.75, 3.05) is 25.0 Å². The number of carbonyl (C=O) groups is 1. The van der Waals surface area contributed by atoms with E-state index in [-0.39, 0.29) is 5.91 Å². The molecule has 0 aliphatic rings. The lowest BCUT2D eigenvalue weighted by Crippen LogP contribution is -2.24. The van der Waals surface area contributed by atoms with Crippen LogP contribution < -0.4 is 4.90 Å². The predicted molar refractivity (Wildman–Crippen MR) is 140 cm³/mol. The van der Waals surface area contributed by atoms with Crippen LogP contribution in [0.2, 0.25) is 0 Å². The fourth-order valence-electron chi connectivity index (χ4n) is 4.06. The summed E-state index contributed by atoms with van der Waals surface area (Å²) in [5, 5.41) is 1.05. The van der Waals surface area contributed by atoms with Gasteiger partial charge in [-0.3, -0.25) is 4.79 Å². The molecule has 0 saturated carbocycles. The van der Waals surface area contributed by atoms with E-state index >= 15 is 0 Å². The maximum Gasteiger partial charge on any atom is 0.246 e. The Morgan fingerprint density at radius 1 is 0.882 bits per heavy atom. The molecule has 0 radical (unpaired) electrons. The van der Waals surface area contributed by atoms with E-state index in [4.69, 9.17) is 0 Å². The Kier molecular flexibility index (Phi) is 7.33. The molecule has 0 unspecified atom stereocenters. The molecule has 1 amide bonds. The zero-order valence-corrected chi connectivity index (χ0v) is 20.0. The highest BCUT2D eigenvalue weighted by Gasteiger charge is 2.12. The molecule has 1 aromatic heterocycles. The molecule has 0 N–H and O–H groups in total. The third-order valence-corrected chi connectivity index (χ3v) is 5.95. The van der Waals surface area contributed by atoms with Gasteiger partial charge < -0.3 is 9.80 Å². The Labute approximate surface area is 201 Å². The first-order valence-electron chi connectivity index (χ1n) is 11.7. The molecule has 0 spiro atoms. The fraction of sp³-hybridized carbons (Fsp3) is 0.207. The van der Waals surface area contributed by atoms with E-state index in [1.54, 1.807) is 17.3 Å². The van der Waals surface area contributed by atoms with Gasteiger partial charge in [0.2, 0.25) is 5.91 Å². The number of fused-ring (bicyclic) bond motifs is 1. The zero-order valence-electron chi connectivity index (χ0n) is 20.0. The van der Waals surface area contributed by atoms with Gasteiger partial charge in [-0.25, -0.2) is 9.97 Å². The van der Waals surface area contributed by atoms with Gasteiger partial charge in [0.15, 0.2) is 0 Å². The second-order valence-electron chi connectivity index (χ2n) is 8.24. The van der Waals surface area contributed by atoms with Gasteiger partial charge in [-0.05, 0) is 60.4 Å². The largest absolute Gasteiger partial charge is 0.357 e. The Morgan fingerprint density at radius 3 is 2.41 bits per heavy atom. The number of nitrogens with zero attached hydrogens (tertiary/aromatic N) is 4. The van der Waals surface area contributed by atoms with Crippen molar-refractivity contribution < 1.29 is 4.79 Å².